The maximum Gasteiger partial charge on any atom is 0.220 e. The molecule has 12 N–H and O–H groups in total. The van der Waals surface area contributed by atoms with Crippen LogP contribution in [0.2, 0.25) is 0 Å². The molecule has 0 aromatic carbocycles. The summed E-state index contributed by atoms with van der Waals surface area (Å²) < 4.78 is 34.5. The van der Waals surface area contributed by atoms with Crippen LogP contribution in [-0.4, -0.2) is 193 Å². The summed E-state index contributed by atoms with van der Waals surface area (Å²) >= 11 is 0. The molecule has 670 valence electrons. The van der Waals surface area contributed by atoms with Crippen LogP contribution in [0, 0.1) is 0 Å². The van der Waals surface area contributed by atoms with E-state index in [9.17, 15) is 61.0 Å². The minimum atomic E-state index is -1.99. The second-order valence-electron chi connectivity index (χ2n) is 32.7. The fourth-order valence-electron chi connectivity index (χ4n) is 15.1. The molecular weight excluding hydrogens is 1470 g/mol. The first kappa shape index (κ1) is 106. The highest BCUT2D eigenvalue weighted by molar-refractivity contribution is 5.76. The number of carbonyl (C=O) groups excluding carboxylic acids is 1. The van der Waals surface area contributed by atoms with Crippen LogP contribution >= 0.6 is 0 Å². The van der Waals surface area contributed by atoms with Gasteiger partial charge in [0.25, 0.3) is 0 Å². The van der Waals surface area contributed by atoms with Crippen molar-refractivity contribution in [2.75, 3.05) is 26.4 Å². The summed E-state index contributed by atoms with van der Waals surface area (Å²) in [5.41, 5.74) is 0. The summed E-state index contributed by atoms with van der Waals surface area (Å²) in [7, 11) is 0. The van der Waals surface area contributed by atoms with Crippen molar-refractivity contribution in [3.05, 3.63) is 122 Å². The van der Waals surface area contributed by atoms with E-state index in [4.69, 9.17) is 28.4 Å². The number of rotatable bonds is 75. The topological polar surface area (TPSA) is 307 Å². The third-order valence-corrected chi connectivity index (χ3v) is 22.5. The Morgan fingerprint density at radius 3 is 0.966 bits per heavy atom. The third-order valence-electron chi connectivity index (χ3n) is 22.5. The average Bonchev–Trinajstić information content (AvgIpc) is 0.783. The van der Waals surface area contributed by atoms with Gasteiger partial charge in [-0.15, -0.1) is 0 Å². The molecule has 0 aromatic heterocycles. The van der Waals surface area contributed by atoms with E-state index in [1.807, 2.05) is 6.08 Å². The molecule has 3 saturated heterocycles. The average molecular weight is 1640 g/mol. The number of hydrogen-bond donors (Lipinski definition) is 12. The summed E-state index contributed by atoms with van der Waals surface area (Å²) in [6.45, 7) is 1.64. The van der Waals surface area contributed by atoms with Gasteiger partial charge in [0.2, 0.25) is 5.91 Å². The van der Waals surface area contributed by atoms with Crippen LogP contribution in [0.1, 0.15) is 354 Å². The number of aliphatic hydroxyl groups excluding tert-OH is 11. The molecule has 0 bridgehead atoms. The number of allylic oxidation sites excluding steroid dienone is 19. The predicted molar refractivity (Wildman–Crippen MR) is 470 cm³/mol. The van der Waals surface area contributed by atoms with Gasteiger partial charge in [-0.1, -0.05) is 367 Å². The first-order chi connectivity index (χ1) is 56.8. The number of carbonyl (C=O) groups is 1. The van der Waals surface area contributed by atoms with Gasteiger partial charge in [0.15, 0.2) is 18.9 Å². The molecule has 1 amide bonds. The van der Waals surface area contributed by atoms with Gasteiger partial charge in [-0.3, -0.25) is 4.79 Å². The van der Waals surface area contributed by atoms with Crippen molar-refractivity contribution in [3.8, 4) is 0 Å². The zero-order valence-corrected chi connectivity index (χ0v) is 72.4. The fraction of sp³-hybridized carbons (Fsp3) is 0.784. The highest BCUT2D eigenvalue weighted by Crippen LogP contribution is 2.34. The minimum Gasteiger partial charge on any atom is -0.394 e. The molecule has 3 fully saturated rings. The van der Waals surface area contributed by atoms with Gasteiger partial charge in [-0.25, -0.2) is 0 Å². The molecule has 0 saturated carbocycles. The normalized spacial score (nSPS) is 25.1. The molecule has 0 radical (unpaired) electrons. The Bertz CT molecular complexity index is 2570. The lowest BCUT2D eigenvalue weighted by Gasteiger charge is -2.48. The van der Waals surface area contributed by atoms with Gasteiger partial charge in [-0.05, 0) is 103 Å². The van der Waals surface area contributed by atoms with Crippen molar-refractivity contribution in [3.63, 3.8) is 0 Å². The van der Waals surface area contributed by atoms with Crippen LogP contribution in [-0.2, 0) is 33.2 Å². The van der Waals surface area contributed by atoms with Gasteiger partial charge in [-0.2, -0.15) is 0 Å². The molecule has 3 rings (SSSR count). The van der Waals surface area contributed by atoms with E-state index in [0.29, 0.717) is 12.8 Å². The van der Waals surface area contributed by atoms with Crippen LogP contribution in [0.25, 0.3) is 0 Å². The Hall–Kier alpha value is -3.81. The first-order valence-corrected chi connectivity index (χ1v) is 46.8. The lowest BCUT2D eigenvalue weighted by molar-refractivity contribution is -0.379. The summed E-state index contributed by atoms with van der Waals surface area (Å²) in [6.07, 6.45) is 80.7. The summed E-state index contributed by atoms with van der Waals surface area (Å²) in [4.78, 5) is 13.5. The van der Waals surface area contributed by atoms with Crippen molar-refractivity contribution in [1.82, 2.24) is 5.32 Å². The van der Waals surface area contributed by atoms with Gasteiger partial charge in [0.05, 0.1) is 38.6 Å². The summed E-state index contributed by atoms with van der Waals surface area (Å²) in [6, 6.07) is -1.00. The summed E-state index contributed by atoms with van der Waals surface area (Å²) in [5, 5.41) is 121. The van der Waals surface area contributed by atoms with Crippen molar-refractivity contribution in [1.29, 1.82) is 0 Å². The number of unbranched alkanes of at least 4 members (excludes halogenated alkanes) is 41. The van der Waals surface area contributed by atoms with E-state index in [1.54, 1.807) is 6.08 Å². The molecule has 19 nitrogen and oxygen atoms in total. The smallest absolute Gasteiger partial charge is 0.220 e. The Balaban J connectivity index is 1.32. The monoisotopic (exact) mass is 1640 g/mol. The van der Waals surface area contributed by atoms with E-state index >= 15 is 0 Å². The zero-order chi connectivity index (χ0) is 83.8. The van der Waals surface area contributed by atoms with Crippen LogP contribution in [0.5, 0.6) is 0 Å². The Kier molecular flexibility index (Phi) is 68.8. The molecule has 17 atom stereocenters. The van der Waals surface area contributed by atoms with Crippen molar-refractivity contribution in [2.24, 2.45) is 0 Å². The maximum absolute atomic E-state index is 13.5. The second-order valence-corrected chi connectivity index (χ2v) is 32.7. The van der Waals surface area contributed by atoms with E-state index < -0.39 is 124 Å². The Morgan fingerprint density at radius 2 is 0.603 bits per heavy atom. The molecule has 19 heteroatoms. The number of ether oxygens (including phenoxy) is 6. The highest BCUT2D eigenvalue weighted by atomic mass is 16.8. The molecule has 3 heterocycles. The van der Waals surface area contributed by atoms with Gasteiger partial charge in [0, 0.05) is 6.42 Å². The number of nitrogens with one attached hydrogen (secondary N) is 1. The van der Waals surface area contributed by atoms with Crippen LogP contribution in [0.4, 0.5) is 0 Å². The SMILES string of the molecule is CC/C=C\C/C=C\C/C=C\C/C=C\C/C=C\C/C=C\C/C=C\CCCCCCCCCCCCCCCCCCCCCC(=O)NC(COC1OC(CO)C(OC2OC(CO)C(OC3OC(CO)C(O)C(O)C3O)C(O)C2O)C(O)C1O)C(O)/C=C/CC/C=C/CC/C=C/CCCCCCCCCCCCCCCCCCCCCC. The van der Waals surface area contributed by atoms with Crippen LogP contribution < -0.4 is 5.32 Å². The minimum absolute atomic E-state index is 0.229. The molecule has 17 unspecified atom stereocenters. The standard InChI is InChI=1S/C97H169NO18/c1-3-5-7-9-11-13-15-17-19-21-23-25-27-29-31-33-35-36-37-38-39-40-41-42-43-44-45-47-49-51-53-55-57-59-61-63-65-67-69-71-73-75-85(103)98-80(81(102)74-72-70-68-66-64-62-60-58-56-54-52-50-48-46-34-32-30-28-26-24-22-20-18-16-14-12-10-8-6-4-2)79-111-95-91(109)88(106)93(83(77-100)113-95)116-97-92(110)89(107)94(84(78-101)114-97)115-96-90(108)87(105)86(104)82(76-99)112-96/h5,7,11,13,17,19,23,25,29,31,35-36,38-39,56,58,64,66,72,74,80-84,86-97,99-102,104-110H,3-4,6,8-10,12,14-16,18,20-22,24,26-28,30,32-34,37,40-55,57,59-63,65,67-71,73,75-79H2,1-2H3,(H,98,103)/b7-5-,13-11-,19-17-,25-23-,31-29-,36-35-,39-38-,58-56+,66-64+,74-72+. The molecule has 3 aliphatic heterocycles. The fourth-order valence-corrected chi connectivity index (χ4v) is 15.1. The lowest BCUT2D eigenvalue weighted by atomic mass is 9.96. The largest absolute Gasteiger partial charge is 0.394 e. The molecule has 116 heavy (non-hydrogen) atoms. The van der Waals surface area contributed by atoms with Crippen molar-refractivity contribution < 1.29 is 89.4 Å². The van der Waals surface area contributed by atoms with Gasteiger partial charge < -0.3 is 89.9 Å². The zero-order valence-electron chi connectivity index (χ0n) is 72.4. The lowest BCUT2D eigenvalue weighted by Crippen LogP contribution is -2.66. The molecule has 0 spiro atoms. The van der Waals surface area contributed by atoms with Crippen molar-refractivity contribution in [2.45, 2.75) is 458 Å². The van der Waals surface area contributed by atoms with E-state index in [2.05, 4.69) is 129 Å². The van der Waals surface area contributed by atoms with Crippen LogP contribution in [0.15, 0.2) is 122 Å². The number of hydrogen-bond acceptors (Lipinski definition) is 18. The quantitative estimate of drug-likeness (QED) is 0.0199. The van der Waals surface area contributed by atoms with Gasteiger partial charge in [0.1, 0.15) is 73.2 Å². The van der Waals surface area contributed by atoms with E-state index in [-0.39, 0.29) is 18.9 Å². The number of aliphatic hydroxyl groups is 11. The highest BCUT2D eigenvalue weighted by Gasteiger charge is 2.54. The van der Waals surface area contributed by atoms with E-state index in [1.165, 1.54) is 231 Å². The van der Waals surface area contributed by atoms with Crippen LogP contribution in [0.3, 0.4) is 0 Å². The predicted octanol–water partition coefficient (Wildman–Crippen LogP) is 18.6. The Labute approximate surface area is 703 Å². The third kappa shape index (κ3) is 52.5. The number of amides is 1. The molecule has 3 aliphatic rings. The molecule has 0 aromatic rings. The molecular formula is C97H169NO18. The second kappa shape index (κ2) is 75.0. The van der Waals surface area contributed by atoms with Crippen molar-refractivity contribution >= 4 is 5.91 Å². The van der Waals surface area contributed by atoms with E-state index in [0.717, 1.165) is 89.9 Å². The summed E-state index contributed by atoms with van der Waals surface area (Å²) in [5.74, 6) is -0.287. The first-order valence-electron chi connectivity index (χ1n) is 46.8. The maximum atomic E-state index is 13.5. The molecule has 0 aliphatic carbocycles. The Morgan fingerprint density at radius 1 is 0.319 bits per heavy atom. The van der Waals surface area contributed by atoms with Gasteiger partial charge >= 0.3 is 0 Å².